The topological polar surface area (TPSA) is 65.8 Å². The van der Waals surface area contributed by atoms with Crippen molar-refractivity contribution in [2.24, 2.45) is 0 Å². The van der Waals surface area contributed by atoms with Gasteiger partial charge in [-0.2, -0.15) is 5.26 Å². The van der Waals surface area contributed by atoms with Gasteiger partial charge in [0.1, 0.15) is 16.3 Å². The molecule has 1 aromatic heterocycles. The van der Waals surface area contributed by atoms with E-state index < -0.39 is 11.9 Å². The average molecular weight is 306 g/mol. The molecule has 0 saturated carbocycles. The van der Waals surface area contributed by atoms with E-state index in [4.69, 9.17) is 28.5 Å². The Morgan fingerprint density at radius 2 is 1.90 bits per heavy atom. The molecule has 2 rings (SSSR count). The van der Waals surface area contributed by atoms with Crippen LogP contribution in [0.5, 0.6) is 0 Å². The van der Waals surface area contributed by atoms with Gasteiger partial charge in [-0.3, -0.25) is 4.79 Å². The summed E-state index contributed by atoms with van der Waals surface area (Å²) in [6.07, 6.45) is 0. The number of benzene rings is 1. The zero-order chi connectivity index (χ0) is 14.5. The fourth-order valence-electron chi connectivity index (χ4n) is 1.63. The molecule has 1 aromatic carbocycles. The summed E-state index contributed by atoms with van der Waals surface area (Å²) in [4.78, 5) is 15.9. The number of aromatic nitrogens is 1. The first kappa shape index (κ1) is 14.3. The highest BCUT2D eigenvalue weighted by molar-refractivity contribution is 6.34. The van der Waals surface area contributed by atoms with Gasteiger partial charge in [-0.1, -0.05) is 53.5 Å². The van der Waals surface area contributed by atoms with E-state index in [0.717, 1.165) is 0 Å². The number of carbonyl (C=O) groups excluding carboxylic acids is 1. The molecule has 100 valence electrons. The normalized spacial score (nSPS) is 11.4. The summed E-state index contributed by atoms with van der Waals surface area (Å²) in [6.45, 7) is 0. The van der Waals surface area contributed by atoms with Crippen LogP contribution >= 0.6 is 23.2 Å². The van der Waals surface area contributed by atoms with E-state index in [2.05, 4.69) is 10.3 Å². The third-order valence-electron chi connectivity index (χ3n) is 2.60. The van der Waals surface area contributed by atoms with Gasteiger partial charge in [-0.05, 0) is 17.7 Å². The van der Waals surface area contributed by atoms with E-state index in [-0.39, 0.29) is 15.9 Å². The second-order valence-electron chi connectivity index (χ2n) is 3.92. The first-order valence-corrected chi connectivity index (χ1v) is 6.45. The summed E-state index contributed by atoms with van der Waals surface area (Å²) in [5.74, 6) is -0.477. The minimum Gasteiger partial charge on any atom is -0.332 e. The van der Waals surface area contributed by atoms with Crippen molar-refractivity contribution in [1.29, 1.82) is 5.26 Å². The third-order valence-corrected chi connectivity index (χ3v) is 3.10. The highest BCUT2D eigenvalue weighted by Gasteiger charge is 2.17. The molecule has 0 aliphatic heterocycles. The predicted molar refractivity (Wildman–Crippen MR) is 76.5 cm³/mol. The number of halogens is 2. The van der Waals surface area contributed by atoms with Crippen LogP contribution in [0, 0.1) is 11.3 Å². The van der Waals surface area contributed by atoms with Crippen LogP contribution in [0.4, 0.5) is 0 Å². The third kappa shape index (κ3) is 3.27. The predicted octanol–water partition coefficient (Wildman–Crippen LogP) is 3.38. The molecule has 0 aliphatic carbocycles. The van der Waals surface area contributed by atoms with Gasteiger partial charge in [0.25, 0.3) is 5.91 Å². The molecule has 0 radical (unpaired) electrons. The molecule has 1 amide bonds. The second-order valence-corrected chi connectivity index (χ2v) is 4.66. The lowest BCUT2D eigenvalue weighted by Gasteiger charge is -2.12. The van der Waals surface area contributed by atoms with Crippen LogP contribution < -0.4 is 5.32 Å². The molecule has 0 saturated heterocycles. The van der Waals surface area contributed by atoms with Gasteiger partial charge in [-0.15, -0.1) is 0 Å². The summed E-state index contributed by atoms with van der Waals surface area (Å²) in [6, 6.07) is 13.1. The van der Waals surface area contributed by atoms with Crippen LogP contribution in [0.3, 0.4) is 0 Å². The number of pyridine rings is 1. The first-order valence-electron chi connectivity index (χ1n) is 5.69. The fourth-order valence-corrected chi connectivity index (χ4v) is 2.06. The largest absolute Gasteiger partial charge is 0.332 e. The van der Waals surface area contributed by atoms with Crippen LogP contribution in [-0.4, -0.2) is 10.9 Å². The van der Waals surface area contributed by atoms with Crippen LogP contribution in [0.2, 0.25) is 10.3 Å². The van der Waals surface area contributed by atoms with Crippen molar-refractivity contribution in [3.63, 3.8) is 0 Å². The highest BCUT2D eigenvalue weighted by Crippen LogP contribution is 2.18. The van der Waals surface area contributed by atoms with E-state index in [1.807, 2.05) is 12.1 Å². The lowest BCUT2D eigenvalue weighted by Crippen LogP contribution is -2.28. The molecule has 0 aliphatic rings. The van der Waals surface area contributed by atoms with Crippen molar-refractivity contribution < 1.29 is 4.79 Å². The number of hydrogen-bond acceptors (Lipinski definition) is 3. The summed E-state index contributed by atoms with van der Waals surface area (Å²) >= 11 is 11.5. The Balaban J connectivity index is 2.20. The minimum atomic E-state index is -0.754. The van der Waals surface area contributed by atoms with Gasteiger partial charge in [0.15, 0.2) is 0 Å². The number of amides is 1. The summed E-state index contributed by atoms with van der Waals surface area (Å²) < 4.78 is 0. The van der Waals surface area contributed by atoms with Crippen molar-refractivity contribution in [2.75, 3.05) is 0 Å². The second kappa shape index (κ2) is 6.38. The Kier molecular flexibility index (Phi) is 4.57. The number of nitrogens with one attached hydrogen (secondary N) is 1. The molecule has 2 aromatic rings. The van der Waals surface area contributed by atoms with Crippen molar-refractivity contribution in [2.45, 2.75) is 6.04 Å². The van der Waals surface area contributed by atoms with Crippen molar-refractivity contribution in [3.05, 3.63) is 63.9 Å². The molecule has 1 unspecified atom stereocenters. The summed E-state index contributed by atoms with van der Waals surface area (Å²) in [5, 5.41) is 11.9. The number of carbonyl (C=O) groups is 1. The number of hydrogen-bond donors (Lipinski definition) is 1. The Morgan fingerprint density at radius 1 is 1.20 bits per heavy atom. The Hall–Kier alpha value is -2.09. The standard InChI is InChI=1S/C14H9Cl2N3O/c15-12-7-6-10(13(16)19-12)14(20)18-11(8-17)9-4-2-1-3-5-9/h1-7,11H,(H,18,20). The molecular formula is C14H9Cl2N3O. The van der Waals surface area contributed by atoms with E-state index >= 15 is 0 Å². The molecule has 4 nitrogen and oxygen atoms in total. The summed E-state index contributed by atoms with van der Waals surface area (Å²) in [7, 11) is 0. The SMILES string of the molecule is N#CC(NC(=O)c1ccc(Cl)nc1Cl)c1ccccc1. The van der Waals surface area contributed by atoms with Gasteiger partial charge in [0, 0.05) is 0 Å². The van der Waals surface area contributed by atoms with Crippen LogP contribution in [0.25, 0.3) is 0 Å². The van der Waals surface area contributed by atoms with E-state index in [1.54, 1.807) is 24.3 Å². The zero-order valence-corrected chi connectivity index (χ0v) is 11.7. The molecular weight excluding hydrogens is 297 g/mol. The minimum absolute atomic E-state index is 0.000230. The maximum Gasteiger partial charge on any atom is 0.255 e. The van der Waals surface area contributed by atoms with Gasteiger partial charge in [0.2, 0.25) is 0 Å². The Labute approximate surface area is 126 Å². The average Bonchev–Trinajstić information content (AvgIpc) is 2.45. The van der Waals surface area contributed by atoms with E-state index in [0.29, 0.717) is 5.56 Å². The zero-order valence-electron chi connectivity index (χ0n) is 10.2. The van der Waals surface area contributed by atoms with Crippen LogP contribution in [0.1, 0.15) is 22.0 Å². The smallest absolute Gasteiger partial charge is 0.255 e. The monoisotopic (exact) mass is 305 g/mol. The molecule has 1 atom stereocenters. The van der Waals surface area contributed by atoms with Crippen molar-refractivity contribution >= 4 is 29.1 Å². The molecule has 20 heavy (non-hydrogen) atoms. The maximum absolute atomic E-state index is 12.1. The Bertz CT molecular complexity index is 668. The molecule has 6 heteroatoms. The molecule has 1 heterocycles. The van der Waals surface area contributed by atoms with Gasteiger partial charge in [-0.25, -0.2) is 4.98 Å². The molecule has 0 fully saturated rings. The first-order chi connectivity index (χ1) is 9.61. The van der Waals surface area contributed by atoms with Gasteiger partial charge in [0.05, 0.1) is 11.6 Å². The van der Waals surface area contributed by atoms with Gasteiger partial charge < -0.3 is 5.32 Å². The number of nitrogens with zero attached hydrogens (tertiary/aromatic N) is 2. The quantitative estimate of drug-likeness (QED) is 0.884. The lowest BCUT2D eigenvalue weighted by molar-refractivity contribution is 0.0945. The summed E-state index contributed by atoms with van der Waals surface area (Å²) in [5.41, 5.74) is 0.869. The van der Waals surface area contributed by atoms with Crippen molar-refractivity contribution in [3.8, 4) is 6.07 Å². The molecule has 1 N–H and O–H groups in total. The van der Waals surface area contributed by atoms with Crippen LogP contribution in [-0.2, 0) is 0 Å². The van der Waals surface area contributed by atoms with Crippen molar-refractivity contribution in [1.82, 2.24) is 10.3 Å². The van der Waals surface area contributed by atoms with E-state index in [9.17, 15) is 4.79 Å². The highest BCUT2D eigenvalue weighted by atomic mass is 35.5. The number of rotatable bonds is 3. The molecule has 0 bridgehead atoms. The number of nitriles is 1. The molecule has 0 spiro atoms. The lowest BCUT2D eigenvalue weighted by atomic mass is 10.1. The Morgan fingerprint density at radius 3 is 2.50 bits per heavy atom. The van der Waals surface area contributed by atoms with Gasteiger partial charge >= 0.3 is 0 Å². The fraction of sp³-hybridized carbons (Fsp3) is 0.0714. The van der Waals surface area contributed by atoms with E-state index in [1.165, 1.54) is 12.1 Å². The van der Waals surface area contributed by atoms with Crippen LogP contribution in [0.15, 0.2) is 42.5 Å². The maximum atomic E-state index is 12.1.